The molecule has 0 heterocycles. The molecule has 0 saturated carbocycles. The molecular weight excluding hydrogens is 300 g/mol. The summed E-state index contributed by atoms with van der Waals surface area (Å²) in [6.07, 6.45) is 6.31. The van der Waals surface area contributed by atoms with Gasteiger partial charge in [0.1, 0.15) is 0 Å². The van der Waals surface area contributed by atoms with Gasteiger partial charge >= 0.3 is 0 Å². The normalized spacial score (nSPS) is 12.3. The van der Waals surface area contributed by atoms with Crippen LogP contribution in [-0.2, 0) is 0 Å². The molecule has 23 heavy (non-hydrogen) atoms. The quantitative estimate of drug-likeness (QED) is 0.398. The molecule has 0 bridgehead atoms. The maximum Gasteiger partial charge on any atom is 0.0478 e. The van der Waals surface area contributed by atoms with Gasteiger partial charge in [-0.2, -0.15) is 0 Å². The summed E-state index contributed by atoms with van der Waals surface area (Å²) >= 11 is 6.21. The number of hydrogen-bond donors (Lipinski definition) is 0. The molecule has 110 valence electrons. The summed E-state index contributed by atoms with van der Waals surface area (Å²) in [7, 11) is 0. The fourth-order valence-corrected chi connectivity index (χ4v) is 3.29. The molecule has 1 aliphatic rings. The Hall–Kier alpha value is -2.57. The SMILES string of the molecule is Clc1ccccc1/C=C/C=C1c2ccccc2-c2ccccc21. The van der Waals surface area contributed by atoms with Gasteiger partial charge in [-0.05, 0) is 39.5 Å². The summed E-state index contributed by atoms with van der Waals surface area (Å²) in [4.78, 5) is 0. The fraction of sp³-hybridized carbons (Fsp3) is 0. The Labute approximate surface area is 141 Å². The van der Waals surface area contributed by atoms with E-state index in [1.807, 2.05) is 24.3 Å². The van der Waals surface area contributed by atoms with Crippen LogP contribution in [0, 0.1) is 0 Å². The zero-order chi connectivity index (χ0) is 15.6. The number of hydrogen-bond acceptors (Lipinski definition) is 0. The van der Waals surface area contributed by atoms with Gasteiger partial charge in [0.15, 0.2) is 0 Å². The van der Waals surface area contributed by atoms with Crippen molar-refractivity contribution in [2.75, 3.05) is 0 Å². The smallest absolute Gasteiger partial charge is 0.0478 e. The molecule has 0 atom stereocenters. The van der Waals surface area contributed by atoms with Crippen LogP contribution in [0.15, 0.2) is 84.9 Å². The lowest BCUT2D eigenvalue weighted by molar-refractivity contribution is 1.65. The minimum atomic E-state index is 0.773. The topological polar surface area (TPSA) is 0 Å². The van der Waals surface area contributed by atoms with Gasteiger partial charge in [-0.25, -0.2) is 0 Å². The fourth-order valence-electron chi connectivity index (χ4n) is 3.09. The van der Waals surface area contributed by atoms with Crippen molar-refractivity contribution < 1.29 is 0 Å². The van der Waals surface area contributed by atoms with Crippen molar-refractivity contribution in [1.29, 1.82) is 0 Å². The Morgan fingerprint density at radius 1 is 0.609 bits per heavy atom. The first-order chi connectivity index (χ1) is 11.3. The van der Waals surface area contributed by atoms with Crippen molar-refractivity contribution in [2.45, 2.75) is 0 Å². The first kappa shape index (κ1) is 14.0. The Morgan fingerprint density at radius 2 is 1.13 bits per heavy atom. The second kappa shape index (κ2) is 5.91. The van der Waals surface area contributed by atoms with Crippen molar-refractivity contribution in [1.82, 2.24) is 0 Å². The van der Waals surface area contributed by atoms with Crippen LogP contribution in [0.5, 0.6) is 0 Å². The highest BCUT2D eigenvalue weighted by atomic mass is 35.5. The van der Waals surface area contributed by atoms with Crippen LogP contribution in [0.2, 0.25) is 5.02 Å². The zero-order valence-corrected chi connectivity index (χ0v) is 13.3. The summed E-state index contributed by atoms with van der Waals surface area (Å²) in [6, 6.07) is 25.0. The predicted molar refractivity (Wildman–Crippen MR) is 99.4 cm³/mol. The van der Waals surface area contributed by atoms with E-state index in [1.165, 1.54) is 27.8 Å². The van der Waals surface area contributed by atoms with E-state index in [-0.39, 0.29) is 0 Å². The van der Waals surface area contributed by atoms with Crippen LogP contribution in [0.3, 0.4) is 0 Å². The van der Waals surface area contributed by atoms with Crippen molar-refractivity contribution >= 4 is 23.3 Å². The molecule has 0 aromatic heterocycles. The number of allylic oxidation sites excluding steroid dienone is 2. The molecule has 0 spiro atoms. The van der Waals surface area contributed by atoms with E-state index < -0.39 is 0 Å². The summed E-state index contributed by atoms with van der Waals surface area (Å²) in [5, 5.41) is 0.773. The van der Waals surface area contributed by atoms with Gasteiger partial charge in [0.25, 0.3) is 0 Å². The third-order valence-corrected chi connectivity index (χ3v) is 4.51. The monoisotopic (exact) mass is 314 g/mol. The predicted octanol–water partition coefficient (Wildman–Crippen LogP) is 6.47. The molecular formula is C22H15Cl. The highest BCUT2D eigenvalue weighted by molar-refractivity contribution is 6.32. The van der Waals surface area contributed by atoms with E-state index in [1.54, 1.807) is 0 Å². The molecule has 0 radical (unpaired) electrons. The van der Waals surface area contributed by atoms with Crippen molar-refractivity contribution in [3.05, 3.63) is 107 Å². The Kier molecular flexibility index (Phi) is 3.61. The third kappa shape index (κ3) is 2.52. The number of benzene rings is 3. The van der Waals surface area contributed by atoms with Gasteiger partial charge in [0.05, 0.1) is 0 Å². The van der Waals surface area contributed by atoms with Crippen LogP contribution in [-0.4, -0.2) is 0 Å². The summed E-state index contributed by atoms with van der Waals surface area (Å²) in [5.74, 6) is 0. The molecule has 0 N–H and O–H groups in total. The lowest BCUT2D eigenvalue weighted by Gasteiger charge is -2.01. The maximum atomic E-state index is 6.21. The third-order valence-electron chi connectivity index (χ3n) is 4.17. The molecule has 0 fully saturated rings. The lowest BCUT2D eigenvalue weighted by Crippen LogP contribution is -1.79. The molecule has 0 unspecified atom stereocenters. The van der Waals surface area contributed by atoms with Crippen LogP contribution in [0.1, 0.15) is 16.7 Å². The highest BCUT2D eigenvalue weighted by Crippen LogP contribution is 2.43. The van der Waals surface area contributed by atoms with Crippen LogP contribution >= 0.6 is 11.6 Å². The van der Waals surface area contributed by atoms with Crippen LogP contribution < -0.4 is 0 Å². The summed E-state index contributed by atoms with van der Waals surface area (Å²) in [5.41, 5.74) is 7.49. The van der Waals surface area contributed by atoms with E-state index >= 15 is 0 Å². The van der Waals surface area contributed by atoms with Gasteiger partial charge in [0.2, 0.25) is 0 Å². The van der Waals surface area contributed by atoms with Crippen molar-refractivity contribution in [2.24, 2.45) is 0 Å². The second-order valence-electron chi connectivity index (χ2n) is 5.55. The minimum Gasteiger partial charge on any atom is -0.0837 e. The molecule has 0 saturated heterocycles. The number of rotatable bonds is 2. The highest BCUT2D eigenvalue weighted by Gasteiger charge is 2.21. The molecule has 3 aromatic rings. The maximum absolute atomic E-state index is 6.21. The van der Waals surface area contributed by atoms with E-state index in [0.29, 0.717) is 0 Å². The number of halogens is 1. The minimum absolute atomic E-state index is 0.773. The van der Waals surface area contributed by atoms with Gasteiger partial charge in [0, 0.05) is 5.02 Å². The largest absolute Gasteiger partial charge is 0.0837 e. The molecule has 0 amide bonds. The molecule has 3 aromatic carbocycles. The molecule has 0 nitrogen and oxygen atoms in total. The van der Waals surface area contributed by atoms with Gasteiger partial charge in [-0.3, -0.25) is 0 Å². The first-order valence-electron chi connectivity index (χ1n) is 7.67. The summed E-state index contributed by atoms with van der Waals surface area (Å²) < 4.78 is 0. The van der Waals surface area contributed by atoms with Crippen LogP contribution in [0.25, 0.3) is 22.8 Å². The van der Waals surface area contributed by atoms with Gasteiger partial charge < -0.3 is 0 Å². The van der Waals surface area contributed by atoms with E-state index in [4.69, 9.17) is 11.6 Å². The molecule has 1 heteroatoms. The summed E-state index contributed by atoms with van der Waals surface area (Å²) in [6.45, 7) is 0. The van der Waals surface area contributed by atoms with Crippen LogP contribution in [0.4, 0.5) is 0 Å². The molecule has 0 aliphatic heterocycles. The van der Waals surface area contributed by atoms with E-state index in [9.17, 15) is 0 Å². The van der Waals surface area contributed by atoms with Crippen molar-refractivity contribution in [3.8, 4) is 11.1 Å². The standard InChI is InChI=1S/C22H15Cl/c23-22-15-6-1-8-16(22)9-7-14-21-19-12-4-2-10-17(19)18-11-3-5-13-20(18)21/h1-15H/b9-7+. The molecule has 4 rings (SSSR count). The lowest BCUT2D eigenvalue weighted by atomic mass is 10.0. The Balaban J connectivity index is 1.78. The average molecular weight is 315 g/mol. The van der Waals surface area contributed by atoms with Gasteiger partial charge in [-0.1, -0.05) is 96.6 Å². The second-order valence-corrected chi connectivity index (χ2v) is 5.96. The van der Waals surface area contributed by atoms with E-state index in [2.05, 4.69) is 66.8 Å². The first-order valence-corrected chi connectivity index (χ1v) is 8.04. The Morgan fingerprint density at radius 3 is 1.74 bits per heavy atom. The molecule has 1 aliphatic carbocycles. The van der Waals surface area contributed by atoms with E-state index in [0.717, 1.165) is 10.6 Å². The average Bonchev–Trinajstić information content (AvgIpc) is 2.91. The zero-order valence-electron chi connectivity index (χ0n) is 12.5. The Bertz CT molecular complexity index is 884. The van der Waals surface area contributed by atoms with Gasteiger partial charge in [-0.15, -0.1) is 0 Å². The number of fused-ring (bicyclic) bond motifs is 3. The van der Waals surface area contributed by atoms with Crippen molar-refractivity contribution in [3.63, 3.8) is 0 Å².